The summed E-state index contributed by atoms with van der Waals surface area (Å²) < 4.78 is 34.3. The van der Waals surface area contributed by atoms with Crippen molar-refractivity contribution < 1.29 is 22.7 Å². The highest BCUT2D eigenvalue weighted by Gasteiger charge is 2.30. The lowest BCUT2D eigenvalue weighted by molar-refractivity contribution is -0.116. The predicted molar refractivity (Wildman–Crippen MR) is 105 cm³/mol. The number of aryl methyl sites for hydroxylation is 2. The zero-order chi connectivity index (χ0) is 20.8. The summed E-state index contributed by atoms with van der Waals surface area (Å²) in [7, 11) is -3.70. The van der Waals surface area contributed by atoms with Crippen molar-refractivity contribution in [1.29, 1.82) is 0 Å². The molecule has 9 nitrogen and oxygen atoms in total. The molecular weight excluding hydrogens is 396 g/mol. The molecule has 1 fully saturated rings. The number of aromatic nitrogens is 2. The van der Waals surface area contributed by atoms with Gasteiger partial charge in [-0.15, -0.1) is 0 Å². The van der Waals surface area contributed by atoms with Crippen LogP contribution >= 0.6 is 0 Å². The Hall–Kier alpha value is -2.56. The highest BCUT2D eigenvalue weighted by Crippen LogP contribution is 2.35. The average Bonchev–Trinajstić information content (AvgIpc) is 2.96. The molecule has 29 heavy (non-hydrogen) atoms. The smallest absolute Gasteiger partial charge is 0.249 e. The van der Waals surface area contributed by atoms with Crippen molar-refractivity contribution in [2.24, 2.45) is 0 Å². The zero-order valence-corrected chi connectivity index (χ0v) is 17.1. The third-order valence-electron chi connectivity index (χ3n) is 5.19. The number of hydrogen-bond donors (Lipinski definition) is 1. The lowest BCUT2D eigenvalue weighted by Gasteiger charge is -2.27. The number of anilines is 1. The van der Waals surface area contributed by atoms with Crippen molar-refractivity contribution in [1.82, 2.24) is 14.1 Å². The second-order valence-corrected chi connectivity index (χ2v) is 9.07. The number of hydrogen-bond acceptors (Lipinski definition) is 6. The second kappa shape index (κ2) is 7.36. The molecular formula is C19H22N4O5S. The van der Waals surface area contributed by atoms with Crippen molar-refractivity contribution in [3.05, 3.63) is 29.5 Å². The Morgan fingerprint density at radius 1 is 1.10 bits per heavy atom. The van der Waals surface area contributed by atoms with E-state index in [0.29, 0.717) is 48.7 Å². The number of amides is 1. The van der Waals surface area contributed by atoms with Crippen molar-refractivity contribution in [3.8, 4) is 11.1 Å². The van der Waals surface area contributed by atoms with Crippen LogP contribution in [0.1, 0.15) is 28.9 Å². The summed E-state index contributed by atoms with van der Waals surface area (Å²) in [6, 6.07) is 5.10. The summed E-state index contributed by atoms with van der Waals surface area (Å²) >= 11 is 0. The monoisotopic (exact) mass is 418 g/mol. The number of rotatable bonds is 3. The Balaban J connectivity index is 1.83. The van der Waals surface area contributed by atoms with E-state index >= 15 is 0 Å². The third-order valence-corrected chi connectivity index (χ3v) is 7.23. The molecule has 0 unspecified atom stereocenters. The van der Waals surface area contributed by atoms with Gasteiger partial charge in [-0.25, -0.2) is 8.42 Å². The van der Waals surface area contributed by atoms with E-state index in [1.165, 1.54) is 8.99 Å². The molecule has 3 heterocycles. The maximum atomic E-state index is 13.2. The quantitative estimate of drug-likeness (QED) is 0.810. The number of fused-ring (bicyclic) bond motifs is 1. The Labute approximate surface area is 168 Å². The number of carbonyl (C=O) groups is 2. The predicted octanol–water partition coefficient (Wildman–Crippen LogP) is 1.56. The first-order valence-electron chi connectivity index (χ1n) is 9.40. The van der Waals surface area contributed by atoms with Gasteiger partial charge in [0.05, 0.1) is 23.8 Å². The maximum Gasteiger partial charge on any atom is 0.249 e. The average molecular weight is 418 g/mol. The molecule has 1 N–H and O–H groups in total. The van der Waals surface area contributed by atoms with Gasteiger partial charge in [-0.2, -0.15) is 14.1 Å². The molecule has 2 aromatic rings. The van der Waals surface area contributed by atoms with Gasteiger partial charge in [-0.1, -0.05) is 12.1 Å². The Kier molecular flexibility index (Phi) is 5.01. The Bertz CT molecular complexity index is 1100. The molecule has 1 aromatic carbocycles. The molecule has 0 bridgehead atoms. The van der Waals surface area contributed by atoms with Crippen LogP contribution in [0, 0.1) is 13.8 Å². The summed E-state index contributed by atoms with van der Waals surface area (Å²) in [6.45, 7) is 4.81. The van der Waals surface area contributed by atoms with E-state index in [0.717, 1.165) is 0 Å². The van der Waals surface area contributed by atoms with Gasteiger partial charge in [0, 0.05) is 31.5 Å². The topological polar surface area (TPSA) is 111 Å². The first kappa shape index (κ1) is 19.7. The molecule has 10 heteroatoms. The highest BCUT2D eigenvalue weighted by atomic mass is 32.2. The van der Waals surface area contributed by atoms with E-state index in [4.69, 9.17) is 4.74 Å². The van der Waals surface area contributed by atoms with Gasteiger partial charge in [-0.3, -0.25) is 9.59 Å². The van der Waals surface area contributed by atoms with Gasteiger partial charge in [0.25, 0.3) is 0 Å². The van der Waals surface area contributed by atoms with Gasteiger partial charge >= 0.3 is 0 Å². The highest BCUT2D eigenvalue weighted by molar-refractivity contribution is 7.89. The molecule has 4 rings (SSSR count). The van der Waals surface area contributed by atoms with Crippen LogP contribution in [0.15, 0.2) is 23.1 Å². The number of nitrogens with zero attached hydrogens (tertiary/aromatic N) is 3. The molecule has 1 saturated heterocycles. The first-order valence-corrected chi connectivity index (χ1v) is 10.8. The molecule has 154 valence electrons. The molecule has 0 atom stereocenters. The van der Waals surface area contributed by atoms with Gasteiger partial charge in [0.1, 0.15) is 5.82 Å². The SMILES string of the molecule is Cc1ccc(-c2c(C)nn3c2NC(=O)CCC3=O)cc1S(=O)(=O)N1CCOCC1. The van der Waals surface area contributed by atoms with Crippen molar-refractivity contribution in [2.45, 2.75) is 31.6 Å². The molecule has 0 radical (unpaired) electrons. The molecule has 2 aliphatic heterocycles. The van der Waals surface area contributed by atoms with Crippen molar-refractivity contribution >= 4 is 27.7 Å². The summed E-state index contributed by atoms with van der Waals surface area (Å²) in [5, 5.41) is 7.02. The number of nitrogens with one attached hydrogen (secondary N) is 1. The van der Waals surface area contributed by atoms with Crippen LogP contribution in [0.5, 0.6) is 0 Å². The lowest BCUT2D eigenvalue weighted by Crippen LogP contribution is -2.40. The van der Waals surface area contributed by atoms with E-state index in [-0.39, 0.29) is 35.4 Å². The fourth-order valence-electron chi connectivity index (χ4n) is 3.65. The van der Waals surface area contributed by atoms with Gasteiger partial charge < -0.3 is 10.1 Å². The molecule has 1 amide bonds. The van der Waals surface area contributed by atoms with E-state index in [1.807, 2.05) is 0 Å². The summed E-state index contributed by atoms with van der Waals surface area (Å²) in [5.41, 5.74) is 2.29. The number of sulfonamides is 1. The normalized spacial score (nSPS) is 18.3. The fraction of sp³-hybridized carbons (Fsp3) is 0.421. The van der Waals surface area contributed by atoms with Crippen LogP contribution in [0.2, 0.25) is 0 Å². The molecule has 0 aliphatic carbocycles. The molecule has 2 aliphatic rings. The zero-order valence-electron chi connectivity index (χ0n) is 16.3. The van der Waals surface area contributed by atoms with E-state index in [9.17, 15) is 18.0 Å². The number of morpholine rings is 1. The second-order valence-electron chi connectivity index (χ2n) is 7.16. The summed E-state index contributed by atoms with van der Waals surface area (Å²) in [5.74, 6) is -0.263. The van der Waals surface area contributed by atoms with Crippen molar-refractivity contribution in [3.63, 3.8) is 0 Å². The number of benzene rings is 1. The van der Waals surface area contributed by atoms with Gasteiger partial charge in [0.2, 0.25) is 21.8 Å². The third kappa shape index (κ3) is 3.47. The van der Waals surface area contributed by atoms with Crippen molar-refractivity contribution in [2.75, 3.05) is 31.6 Å². The lowest BCUT2D eigenvalue weighted by atomic mass is 10.0. The molecule has 0 spiro atoms. The number of ether oxygens (including phenoxy) is 1. The van der Waals surface area contributed by atoms with Crippen LogP contribution in [-0.4, -0.2) is 60.6 Å². The van der Waals surface area contributed by atoms with Gasteiger partial charge in [-0.05, 0) is 31.0 Å². The first-order chi connectivity index (χ1) is 13.8. The van der Waals surface area contributed by atoms with E-state index < -0.39 is 10.0 Å². The molecule has 0 saturated carbocycles. The standard InChI is InChI=1S/C19H22N4O5S/c1-12-3-4-14(11-15(12)29(26,27)22-7-9-28-10-8-22)18-13(2)21-23-17(25)6-5-16(24)20-19(18)23/h3-4,11H,5-10H2,1-2H3,(H,20,24). The Morgan fingerprint density at radius 3 is 2.55 bits per heavy atom. The fourth-order valence-corrected chi connectivity index (χ4v) is 5.31. The van der Waals surface area contributed by atoms with Crippen LogP contribution in [0.4, 0.5) is 5.82 Å². The van der Waals surface area contributed by atoms with Crippen LogP contribution < -0.4 is 5.32 Å². The van der Waals surface area contributed by atoms with E-state index in [2.05, 4.69) is 10.4 Å². The van der Waals surface area contributed by atoms with Crippen LogP contribution in [-0.2, 0) is 19.6 Å². The largest absolute Gasteiger partial charge is 0.379 e. The van der Waals surface area contributed by atoms with Gasteiger partial charge in [0.15, 0.2) is 0 Å². The Morgan fingerprint density at radius 2 is 1.83 bits per heavy atom. The number of carbonyl (C=O) groups excluding carboxylic acids is 2. The van der Waals surface area contributed by atoms with Crippen LogP contribution in [0.25, 0.3) is 11.1 Å². The molecule has 1 aromatic heterocycles. The minimum absolute atomic E-state index is 0.0734. The minimum Gasteiger partial charge on any atom is -0.379 e. The van der Waals surface area contributed by atoms with Crippen LogP contribution in [0.3, 0.4) is 0 Å². The summed E-state index contributed by atoms with van der Waals surface area (Å²) in [4.78, 5) is 24.6. The van der Waals surface area contributed by atoms with E-state index in [1.54, 1.807) is 32.0 Å². The summed E-state index contributed by atoms with van der Waals surface area (Å²) in [6.07, 6.45) is 0.162. The maximum absolute atomic E-state index is 13.2. The minimum atomic E-state index is -3.70.